The van der Waals surface area contributed by atoms with E-state index in [-0.39, 0.29) is 33.9 Å². The molecule has 16 aromatic rings. The minimum atomic E-state index is -0.446. The van der Waals surface area contributed by atoms with Crippen LogP contribution in [0.5, 0.6) is 0 Å². The quantitative estimate of drug-likeness (QED) is 0.0547. The van der Waals surface area contributed by atoms with E-state index in [1.165, 1.54) is 63.7 Å². The molecule has 13 aromatic carbocycles. The van der Waals surface area contributed by atoms with Gasteiger partial charge >= 0.3 is 0 Å². The van der Waals surface area contributed by atoms with Crippen LogP contribution in [0, 0.1) is 0 Å². The predicted octanol–water partition coefficient (Wildman–Crippen LogP) is 19.2. The van der Waals surface area contributed by atoms with Gasteiger partial charge in [0.25, 0.3) is 0 Å². The van der Waals surface area contributed by atoms with Crippen LogP contribution in [-0.2, 0) is 27.0 Å². The van der Waals surface area contributed by atoms with Gasteiger partial charge in [-0.2, -0.15) is 9.97 Å². The summed E-state index contributed by atoms with van der Waals surface area (Å²) < 4.78 is 2.09. The Labute approximate surface area is 681 Å². The van der Waals surface area contributed by atoms with Gasteiger partial charge in [0, 0.05) is 56.9 Å². The molecule has 562 valence electrons. The molecule has 3 heterocycles. The van der Waals surface area contributed by atoms with E-state index in [2.05, 4.69) is 427 Å². The van der Waals surface area contributed by atoms with E-state index in [1.54, 1.807) is 0 Å². The Bertz CT molecular complexity index is 4400. The number of hydrogen-bond donors (Lipinski definition) is 3. The summed E-state index contributed by atoms with van der Waals surface area (Å²) in [5.74, 6) is 1.39. The number of rotatable bonds is 19. The molecule has 1 fully saturated rings. The number of aromatic nitrogens is 5. The summed E-state index contributed by atoms with van der Waals surface area (Å²) in [5.41, 5.74) is 10.9. The van der Waals surface area contributed by atoms with Crippen molar-refractivity contribution in [3.05, 3.63) is 425 Å². The van der Waals surface area contributed by atoms with Crippen molar-refractivity contribution in [3.63, 3.8) is 0 Å². The molecule has 112 heavy (non-hydrogen) atoms. The Balaban J connectivity index is 0.000000141. The molecule has 0 amide bonds. The molecule has 3 aromatic heterocycles. The molecule has 0 spiro atoms. The number of hydrogen-bond acceptors (Lipinski definition) is 7. The number of pyridine rings is 1. The van der Waals surface area contributed by atoms with Crippen LogP contribution >= 0.6 is 31.7 Å². The van der Waals surface area contributed by atoms with E-state index in [1.807, 2.05) is 30.7 Å². The molecular weight excluding hydrogens is 1530 g/mol. The van der Waals surface area contributed by atoms with Crippen LogP contribution in [0.1, 0.15) is 58.6 Å². The van der Waals surface area contributed by atoms with E-state index in [0.717, 1.165) is 59.5 Å². The molecule has 17 rings (SSSR count). The molecular formula is C99H96N8P4Pd. The molecule has 0 radical (unpaired) electrons. The summed E-state index contributed by atoms with van der Waals surface area (Å²) in [7, 11) is -1.78. The fraction of sp³-hybridized carbons (Fsp3) is 0.111. The second-order valence-corrected chi connectivity index (χ2v) is 35.6. The summed E-state index contributed by atoms with van der Waals surface area (Å²) in [6.07, 6.45) is 7.80. The van der Waals surface area contributed by atoms with Gasteiger partial charge in [0.1, 0.15) is 0 Å². The summed E-state index contributed by atoms with van der Waals surface area (Å²) >= 11 is 0. The number of benzene rings is 13. The van der Waals surface area contributed by atoms with Gasteiger partial charge in [-0.1, -0.05) is 402 Å². The number of nitrogens with two attached hydrogens (primary N) is 1. The smallest absolute Gasteiger partial charge is 0.227 e. The van der Waals surface area contributed by atoms with Gasteiger partial charge < -0.3 is 20.9 Å². The van der Waals surface area contributed by atoms with Crippen LogP contribution in [0.15, 0.2) is 419 Å². The van der Waals surface area contributed by atoms with E-state index >= 15 is 0 Å². The number of anilines is 2. The van der Waals surface area contributed by atoms with Gasteiger partial charge in [0.05, 0.1) is 12.0 Å². The summed E-state index contributed by atoms with van der Waals surface area (Å²) in [6.45, 7) is 4.91. The molecule has 1 aliphatic carbocycles. The molecule has 0 atom stereocenters. The summed E-state index contributed by atoms with van der Waals surface area (Å²) in [6, 6.07) is 145. The number of nitrogens with one attached hydrogen (secondary N) is 2. The van der Waals surface area contributed by atoms with Gasteiger partial charge in [-0.15, -0.1) is 0 Å². The number of fused-ring (bicyclic) bond motifs is 1. The van der Waals surface area contributed by atoms with Crippen molar-refractivity contribution in [1.82, 2.24) is 24.5 Å². The second kappa shape index (κ2) is 43.9. The summed E-state index contributed by atoms with van der Waals surface area (Å²) in [4.78, 5) is 18.7. The van der Waals surface area contributed by atoms with Gasteiger partial charge in [-0.05, 0) is 153 Å². The van der Waals surface area contributed by atoms with Crippen molar-refractivity contribution < 1.29 is 20.4 Å². The maximum Gasteiger partial charge on any atom is 0.227 e. The maximum absolute atomic E-state index is 6.08. The number of imidazole rings is 1. The van der Waals surface area contributed by atoms with E-state index in [4.69, 9.17) is 15.7 Å². The first kappa shape index (κ1) is 82.5. The van der Waals surface area contributed by atoms with E-state index in [0.29, 0.717) is 24.6 Å². The topological polar surface area (TPSA) is 107 Å². The zero-order valence-electron chi connectivity index (χ0n) is 62.5. The maximum atomic E-state index is 6.08. The van der Waals surface area contributed by atoms with Crippen molar-refractivity contribution in [3.8, 4) is 11.3 Å². The molecule has 1 saturated carbocycles. The first-order valence-electron chi connectivity index (χ1n) is 37.7. The SMILES string of the molecule is C.CC(C)n1cnc2c(NCc3ccc(-c4ccccn4)cc3)nc(NC3CCC(N)CC3)nc21.[Pd].c1ccc(P(c2ccccc2)c2ccccc2)cc1.c1ccc(P(c2ccccc2)c2ccccc2)cc1.c1ccc(P(c2ccccc2)c2ccccc2)cc1.c1ccc(P(c2ccccc2)c2ccccc2)cc1. The third kappa shape index (κ3) is 23.3. The van der Waals surface area contributed by atoms with Crippen LogP contribution in [0.4, 0.5) is 11.8 Å². The normalized spacial score (nSPS) is 12.8. The van der Waals surface area contributed by atoms with Crippen molar-refractivity contribution in [2.45, 2.75) is 71.6 Å². The van der Waals surface area contributed by atoms with Gasteiger partial charge in [0.15, 0.2) is 17.0 Å². The second-order valence-electron chi connectivity index (χ2n) is 26.7. The molecule has 1 aliphatic rings. The van der Waals surface area contributed by atoms with Crippen molar-refractivity contribution in [2.75, 3.05) is 10.6 Å². The van der Waals surface area contributed by atoms with E-state index < -0.39 is 31.7 Å². The average molecular weight is 1630 g/mol. The summed E-state index contributed by atoms with van der Waals surface area (Å²) in [5, 5.41) is 23.8. The molecule has 0 bridgehead atoms. The third-order valence-electron chi connectivity index (χ3n) is 18.6. The predicted molar refractivity (Wildman–Crippen MR) is 484 cm³/mol. The largest absolute Gasteiger partial charge is 0.364 e. The molecule has 13 heteroatoms. The first-order valence-corrected chi connectivity index (χ1v) is 43.1. The minimum absolute atomic E-state index is 0. The van der Waals surface area contributed by atoms with Crippen LogP contribution in [0.2, 0.25) is 0 Å². The molecule has 8 nitrogen and oxygen atoms in total. The fourth-order valence-electron chi connectivity index (χ4n) is 13.2. The molecule has 0 aliphatic heterocycles. The molecule has 0 saturated heterocycles. The molecule has 4 N–H and O–H groups in total. The standard InChI is InChI=1S/C26H32N8.4C18H15P.CH4.Pd/c1-17(2)34-16-30-23-24(32-26(33-25(23)34)31-21-12-10-20(27)11-13-21)29-15-18-6-8-19(9-7-18)22-5-3-4-14-28-22;4*1-4-10-16(11-5-1)19(17-12-6-2-7-13-17)18-14-8-3-9-15-18;;/h3-9,14,16-17,20-21H,10-13,15,27H2,1-2H3,(H2,29,31,32,33);4*1-15H;1H4;. The zero-order chi connectivity index (χ0) is 75.2. The molecule has 0 unspecified atom stereocenters. The van der Waals surface area contributed by atoms with Crippen LogP contribution < -0.4 is 80.0 Å². The number of nitrogens with zero attached hydrogens (tertiary/aromatic N) is 5. The van der Waals surface area contributed by atoms with Gasteiger partial charge in [0.2, 0.25) is 5.95 Å². The zero-order valence-corrected chi connectivity index (χ0v) is 67.7. The van der Waals surface area contributed by atoms with Crippen molar-refractivity contribution in [2.24, 2.45) is 5.73 Å². The fourth-order valence-corrected chi connectivity index (χ4v) is 22.4. The van der Waals surface area contributed by atoms with Crippen LogP contribution in [-0.4, -0.2) is 36.6 Å². The first-order chi connectivity index (χ1) is 54.4. The van der Waals surface area contributed by atoms with Gasteiger partial charge in [-0.25, -0.2) is 4.98 Å². The van der Waals surface area contributed by atoms with Gasteiger partial charge in [-0.3, -0.25) is 4.98 Å². The third-order valence-corrected chi connectivity index (χ3v) is 28.4. The Hall–Kier alpha value is -10.5. The average Bonchev–Trinajstić information content (AvgIpc) is 1.60. The van der Waals surface area contributed by atoms with Crippen LogP contribution in [0.25, 0.3) is 22.4 Å². The Morgan fingerprint density at radius 1 is 0.348 bits per heavy atom. The van der Waals surface area contributed by atoms with Crippen molar-refractivity contribution in [1.29, 1.82) is 0 Å². The Kier molecular flexibility index (Phi) is 32.3. The minimum Gasteiger partial charge on any atom is -0.364 e. The van der Waals surface area contributed by atoms with Crippen molar-refractivity contribution >= 4 is 118 Å². The van der Waals surface area contributed by atoms with Crippen LogP contribution in [0.3, 0.4) is 0 Å². The van der Waals surface area contributed by atoms with E-state index in [9.17, 15) is 0 Å². The monoisotopic (exact) mass is 1630 g/mol. The Morgan fingerprint density at radius 3 is 0.884 bits per heavy atom. The Morgan fingerprint density at radius 2 is 0.625 bits per heavy atom.